The number of anilines is 1. The molecule has 2 N–H and O–H groups in total. The molecule has 2 nitrogen and oxygen atoms in total. The molecule has 0 bridgehead atoms. The number of hydrogen-bond donors (Lipinski definition) is 2. The first-order valence-electron chi connectivity index (χ1n) is 1.87. The summed E-state index contributed by atoms with van der Waals surface area (Å²) in [5, 5.41) is 10.9. The lowest BCUT2D eigenvalue weighted by Gasteiger charge is -1.84. The van der Waals surface area contributed by atoms with E-state index in [4.69, 9.17) is 5.21 Å². The largest absolute Gasteiger partial charge is 0.290 e. The molecule has 0 aliphatic heterocycles. The Morgan fingerprint density at radius 2 is 2.57 bits per heavy atom. The van der Waals surface area contributed by atoms with E-state index in [-0.39, 0.29) is 0 Å². The Hall–Kier alpha value is -0.540. The molecule has 0 fully saturated rings. The van der Waals surface area contributed by atoms with Gasteiger partial charge in [-0.3, -0.25) is 10.7 Å². The second-order valence-electron chi connectivity index (χ2n) is 1.09. The van der Waals surface area contributed by atoms with E-state index in [1.54, 1.807) is 6.07 Å². The van der Waals surface area contributed by atoms with Crippen molar-refractivity contribution in [2.24, 2.45) is 0 Å². The molecule has 1 aromatic rings. The van der Waals surface area contributed by atoms with Crippen molar-refractivity contribution < 1.29 is 5.21 Å². The van der Waals surface area contributed by atoms with Crippen LogP contribution >= 0.6 is 11.3 Å². The molecule has 0 amide bonds. The van der Waals surface area contributed by atoms with E-state index < -0.39 is 0 Å². The normalized spacial score (nSPS) is 8.71. The number of thiophene rings is 1. The minimum Gasteiger partial charge on any atom is -0.290 e. The highest BCUT2D eigenvalue weighted by molar-refractivity contribution is 7.14. The van der Waals surface area contributed by atoms with Crippen LogP contribution in [0.2, 0.25) is 0 Å². The smallest absolute Gasteiger partial charge is 0.113 e. The summed E-state index contributed by atoms with van der Waals surface area (Å²) >= 11 is 1.46. The van der Waals surface area contributed by atoms with E-state index in [0.29, 0.717) is 0 Å². The third-order valence-electron chi connectivity index (χ3n) is 0.631. The minimum atomic E-state index is 0.778. The summed E-state index contributed by atoms with van der Waals surface area (Å²) in [6, 6.07) is 3.66. The molecule has 0 saturated carbocycles. The fourth-order valence-electron chi connectivity index (χ4n) is 0.342. The van der Waals surface area contributed by atoms with Gasteiger partial charge in [0.1, 0.15) is 5.00 Å². The van der Waals surface area contributed by atoms with E-state index in [2.05, 4.69) is 0 Å². The predicted octanol–water partition coefficient (Wildman–Crippen LogP) is 1.55. The van der Waals surface area contributed by atoms with Crippen LogP contribution in [-0.2, 0) is 0 Å². The van der Waals surface area contributed by atoms with Gasteiger partial charge >= 0.3 is 0 Å². The van der Waals surface area contributed by atoms with Crippen LogP contribution in [0.1, 0.15) is 0 Å². The van der Waals surface area contributed by atoms with Gasteiger partial charge in [0, 0.05) is 0 Å². The van der Waals surface area contributed by atoms with Crippen molar-refractivity contribution in [2.75, 3.05) is 5.48 Å². The van der Waals surface area contributed by atoms with Crippen LogP contribution in [0.5, 0.6) is 0 Å². The van der Waals surface area contributed by atoms with Crippen molar-refractivity contribution in [3.05, 3.63) is 17.5 Å². The minimum absolute atomic E-state index is 0.778. The lowest BCUT2D eigenvalue weighted by molar-refractivity contribution is 0.391. The fourth-order valence-corrected chi connectivity index (χ4v) is 0.856. The number of nitrogens with one attached hydrogen (secondary N) is 1. The maximum atomic E-state index is 8.19. The molecular weight excluding hydrogens is 110 g/mol. The lowest BCUT2D eigenvalue weighted by atomic mass is 10.6. The Morgan fingerprint density at radius 1 is 1.71 bits per heavy atom. The summed E-state index contributed by atoms with van der Waals surface area (Å²) < 4.78 is 0. The Balaban J connectivity index is 2.76. The first-order valence-corrected chi connectivity index (χ1v) is 2.75. The molecule has 0 saturated heterocycles. The van der Waals surface area contributed by atoms with E-state index in [1.165, 1.54) is 11.3 Å². The summed E-state index contributed by atoms with van der Waals surface area (Å²) in [5.74, 6) is 0. The van der Waals surface area contributed by atoms with Crippen LogP contribution in [0.3, 0.4) is 0 Å². The molecule has 38 valence electrons. The molecule has 1 aromatic heterocycles. The Bertz CT molecular complexity index is 126. The molecule has 7 heavy (non-hydrogen) atoms. The predicted molar refractivity (Wildman–Crippen MR) is 29.7 cm³/mol. The highest BCUT2D eigenvalue weighted by atomic mass is 32.1. The van der Waals surface area contributed by atoms with Gasteiger partial charge in [-0.1, -0.05) is 0 Å². The second-order valence-corrected chi connectivity index (χ2v) is 2.04. The van der Waals surface area contributed by atoms with Gasteiger partial charge in [0.15, 0.2) is 0 Å². The topological polar surface area (TPSA) is 32.3 Å². The van der Waals surface area contributed by atoms with Gasteiger partial charge in [-0.2, -0.15) is 0 Å². The zero-order valence-corrected chi connectivity index (χ0v) is 4.40. The first kappa shape index (κ1) is 4.61. The molecule has 0 aliphatic rings. The van der Waals surface area contributed by atoms with Gasteiger partial charge in [-0.25, -0.2) is 0 Å². The Labute approximate surface area is 45.4 Å². The first-order chi connectivity index (χ1) is 3.43. The van der Waals surface area contributed by atoms with Gasteiger partial charge in [0.05, 0.1) is 0 Å². The average Bonchev–Trinajstić information content (AvgIpc) is 2.14. The third kappa shape index (κ3) is 0.913. The average molecular weight is 115 g/mol. The molecule has 0 aliphatic carbocycles. The van der Waals surface area contributed by atoms with Gasteiger partial charge in [0.2, 0.25) is 0 Å². The zero-order valence-electron chi connectivity index (χ0n) is 3.59. The Morgan fingerprint density at radius 3 is 2.86 bits per heavy atom. The van der Waals surface area contributed by atoms with Crippen molar-refractivity contribution in [3.63, 3.8) is 0 Å². The van der Waals surface area contributed by atoms with E-state index in [0.717, 1.165) is 5.00 Å². The van der Waals surface area contributed by atoms with Crippen molar-refractivity contribution in [1.82, 2.24) is 0 Å². The summed E-state index contributed by atoms with van der Waals surface area (Å²) in [6.45, 7) is 0. The second kappa shape index (κ2) is 1.95. The maximum Gasteiger partial charge on any atom is 0.113 e. The van der Waals surface area contributed by atoms with Crippen LogP contribution in [0.4, 0.5) is 5.00 Å². The highest BCUT2D eigenvalue weighted by Crippen LogP contribution is 2.12. The molecule has 0 radical (unpaired) electrons. The van der Waals surface area contributed by atoms with Crippen molar-refractivity contribution in [1.29, 1.82) is 0 Å². The highest BCUT2D eigenvalue weighted by Gasteiger charge is 1.82. The quantitative estimate of drug-likeness (QED) is 0.544. The Kier molecular flexibility index (Phi) is 1.29. The third-order valence-corrected chi connectivity index (χ3v) is 1.41. The van der Waals surface area contributed by atoms with Crippen molar-refractivity contribution in [3.8, 4) is 0 Å². The number of rotatable bonds is 1. The molecule has 1 heterocycles. The van der Waals surface area contributed by atoms with Crippen LogP contribution in [0.15, 0.2) is 17.5 Å². The van der Waals surface area contributed by atoms with Crippen LogP contribution in [-0.4, -0.2) is 5.21 Å². The maximum absolute atomic E-state index is 8.19. The van der Waals surface area contributed by atoms with Crippen LogP contribution < -0.4 is 5.48 Å². The molecule has 3 heteroatoms. The summed E-state index contributed by atoms with van der Waals surface area (Å²) in [4.78, 5) is 0. The summed E-state index contributed by atoms with van der Waals surface area (Å²) in [6.07, 6.45) is 0. The van der Waals surface area contributed by atoms with Gasteiger partial charge in [-0.05, 0) is 17.5 Å². The standard InChI is InChI=1S/C4H5NOS/c6-5-4-2-1-3-7-4/h1-3,5-6H. The molecule has 0 atom stereocenters. The lowest BCUT2D eigenvalue weighted by Crippen LogP contribution is -1.81. The molecule has 0 spiro atoms. The zero-order chi connectivity index (χ0) is 5.11. The van der Waals surface area contributed by atoms with Crippen molar-refractivity contribution >= 4 is 16.3 Å². The van der Waals surface area contributed by atoms with E-state index in [9.17, 15) is 0 Å². The van der Waals surface area contributed by atoms with E-state index >= 15 is 0 Å². The van der Waals surface area contributed by atoms with Gasteiger partial charge < -0.3 is 0 Å². The molecule has 0 aromatic carbocycles. The summed E-state index contributed by atoms with van der Waals surface area (Å²) in [7, 11) is 0. The van der Waals surface area contributed by atoms with Gasteiger partial charge in [-0.15, -0.1) is 11.3 Å². The summed E-state index contributed by atoms with van der Waals surface area (Å²) in [5.41, 5.74) is 2.03. The number of hydrogen-bond acceptors (Lipinski definition) is 3. The fraction of sp³-hybridized carbons (Fsp3) is 0. The van der Waals surface area contributed by atoms with Crippen molar-refractivity contribution in [2.45, 2.75) is 0 Å². The van der Waals surface area contributed by atoms with E-state index in [1.807, 2.05) is 16.9 Å². The van der Waals surface area contributed by atoms with Gasteiger partial charge in [0.25, 0.3) is 0 Å². The monoisotopic (exact) mass is 115 g/mol. The van der Waals surface area contributed by atoms with Crippen LogP contribution in [0.25, 0.3) is 0 Å². The molecule has 0 unspecified atom stereocenters. The molecule has 1 rings (SSSR count). The SMILES string of the molecule is ONc1cccs1. The molecular formula is C4H5NOS. The van der Waals surface area contributed by atoms with Crippen LogP contribution in [0, 0.1) is 0 Å².